The van der Waals surface area contributed by atoms with Crippen molar-refractivity contribution in [3.05, 3.63) is 17.0 Å². The second-order valence-corrected chi connectivity index (χ2v) is 9.68. The van der Waals surface area contributed by atoms with E-state index < -0.39 is 10.0 Å². The van der Waals surface area contributed by atoms with Gasteiger partial charge in [-0.1, -0.05) is 5.16 Å². The number of carbonyl (C=O) groups is 1. The SMILES string of the molecule is Cc1noc(C)c1CN1CCCN(C(=O)C2CCN(S(C)(=O)=O)CC2)CC1. The van der Waals surface area contributed by atoms with E-state index in [1.165, 1.54) is 10.6 Å². The minimum Gasteiger partial charge on any atom is -0.361 e. The van der Waals surface area contributed by atoms with Gasteiger partial charge in [-0.2, -0.15) is 0 Å². The molecule has 2 saturated heterocycles. The highest BCUT2D eigenvalue weighted by atomic mass is 32.2. The molecule has 0 aliphatic carbocycles. The molecule has 0 spiro atoms. The van der Waals surface area contributed by atoms with Crippen molar-refractivity contribution < 1.29 is 17.7 Å². The molecule has 1 aromatic rings. The number of nitrogens with zero attached hydrogens (tertiary/aromatic N) is 4. The van der Waals surface area contributed by atoms with Crippen LogP contribution in [0.3, 0.4) is 0 Å². The Morgan fingerprint density at radius 2 is 1.81 bits per heavy atom. The first kappa shape index (κ1) is 20.3. The number of sulfonamides is 1. The predicted molar refractivity (Wildman–Crippen MR) is 102 cm³/mol. The number of hydrogen-bond acceptors (Lipinski definition) is 6. The Kier molecular flexibility index (Phi) is 6.22. The minimum absolute atomic E-state index is 0.0582. The number of aryl methyl sites for hydroxylation is 2. The second-order valence-electron chi connectivity index (χ2n) is 7.69. The van der Waals surface area contributed by atoms with Crippen LogP contribution in [0.4, 0.5) is 0 Å². The van der Waals surface area contributed by atoms with E-state index in [1.807, 2.05) is 18.7 Å². The van der Waals surface area contributed by atoms with E-state index in [9.17, 15) is 13.2 Å². The number of rotatable bonds is 4. The molecule has 2 fully saturated rings. The van der Waals surface area contributed by atoms with Gasteiger partial charge < -0.3 is 9.42 Å². The number of aromatic nitrogens is 1. The van der Waals surface area contributed by atoms with Gasteiger partial charge in [0.15, 0.2) is 0 Å². The summed E-state index contributed by atoms with van der Waals surface area (Å²) in [7, 11) is -3.16. The summed E-state index contributed by atoms with van der Waals surface area (Å²) in [6.07, 6.45) is 3.41. The van der Waals surface area contributed by atoms with Crippen LogP contribution in [0.5, 0.6) is 0 Å². The van der Waals surface area contributed by atoms with Gasteiger partial charge in [-0.3, -0.25) is 9.69 Å². The quantitative estimate of drug-likeness (QED) is 0.752. The van der Waals surface area contributed by atoms with Gasteiger partial charge in [-0.15, -0.1) is 0 Å². The molecule has 152 valence electrons. The molecule has 2 aliphatic rings. The highest BCUT2D eigenvalue weighted by Crippen LogP contribution is 2.22. The second kappa shape index (κ2) is 8.28. The molecular formula is C18H30N4O4S. The lowest BCUT2D eigenvalue weighted by atomic mass is 9.96. The highest BCUT2D eigenvalue weighted by Gasteiger charge is 2.32. The van der Waals surface area contributed by atoms with Crippen LogP contribution in [0.2, 0.25) is 0 Å². The monoisotopic (exact) mass is 398 g/mol. The van der Waals surface area contributed by atoms with Crippen LogP contribution >= 0.6 is 0 Å². The normalized spacial score (nSPS) is 21.4. The molecule has 0 saturated carbocycles. The van der Waals surface area contributed by atoms with Crippen molar-refractivity contribution in [2.75, 3.05) is 45.5 Å². The maximum Gasteiger partial charge on any atom is 0.225 e. The zero-order valence-corrected chi connectivity index (χ0v) is 17.3. The lowest BCUT2D eigenvalue weighted by Crippen LogP contribution is -2.45. The van der Waals surface area contributed by atoms with Gasteiger partial charge >= 0.3 is 0 Å². The molecule has 0 radical (unpaired) electrons. The van der Waals surface area contributed by atoms with Crippen molar-refractivity contribution in [1.82, 2.24) is 19.3 Å². The predicted octanol–water partition coefficient (Wildman–Crippen LogP) is 0.997. The molecule has 0 unspecified atom stereocenters. The Balaban J connectivity index is 1.53. The van der Waals surface area contributed by atoms with Crippen molar-refractivity contribution in [2.24, 2.45) is 5.92 Å². The van der Waals surface area contributed by atoms with Gasteiger partial charge in [0.25, 0.3) is 0 Å². The lowest BCUT2D eigenvalue weighted by Gasteiger charge is -2.32. The Labute approximate surface area is 161 Å². The Morgan fingerprint density at radius 3 is 2.41 bits per heavy atom. The van der Waals surface area contributed by atoms with E-state index in [4.69, 9.17) is 4.52 Å². The topological polar surface area (TPSA) is 87.0 Å². The van der Waals surface area contributed by atoms with E-state index >= 15 is 0 Å². The van der Waals surface area contributed by atoms with E-state index in [0.717, 1.165) is 49.6 Å². The first-order valence-electron chi connectivity index (χ1n) is 9.63. The number of piperidine rings is 1. The maximum absolute atomic E-state index is 12.9. The maximum atomic E-state index is 12.9. The summed E-state index contributed by atoms with van der Waals surface area (Å²) in [5.74, 6) is 0.988. The summed E-state index contributed by atoms with van der Waals surface area (Å²) in [6, 6.07) is 0. The third-order valence-corrected chi connectivity index (χ3v) is 7.04. The van der Waals surface area contributed by atoms with E-state index in [1.54, 1.807) is 0 Å². The van der Waals surface area contributed by atoms with Crippen molar-refractivity contribution in [1.29, 1.82) is 0 Å². The molecule has 0 bridgehead atoms. The summed E-state index contributed by atoms with van der Waals surface area (Å²) in [6.45, 7) is 8.85. The molecule has 2 aliphatic heterocycles. The standard InChI is InChI=1S/C18H30N4O4S/c1-14-17(15(2)26-19-14)13-20-7-4-8-21(12-11-20)18(23)16-5-9-22(10-6-16)27(3,24)25/h16H,4-13H2,1-3H3. The van der Waals surface area contributed by atoms with Crippen molar-refractivity contribution in [2.45, 2.75) is 39.7 Å². The Hall–Kier alpha value is -1.45. The van der Waals surface area contributed by atoms with Gasteiger partial charge in [0.1, 0.15) is 5.76 Å². The number of amides is 1. The summed E-state index contributed by atoms with van der Waals surface area (Å²) in [5.41, 5.74) is 2.07. The molecule has 27 heavy (non-hydrogen) atoms. The molecule has 0 atom stereocenters. The van der Waals surface area contributed by atoms with Crippen molar-refractivity contribution >= 4 is 15.9 Å². The molecule has 9 heteroatoms. The number of carbonyl (C=O) groups excluding carboxylic acids is 1. The molecule has 3 rings (SSSR count). The van der Waals surface area contributed by atoms with E-state index in [-0.39, 0.29) is 11.8 Å². The van der Waals surface area contributed by atoms with Crippen LogP contribution in [0.1, 0.15) is 36.3 Å². The minimum atomic E-state index is -3.16. The zero-order chi connectivity index (χ0) is 19.6. The average molecular weight is 399 g/mol. The summed E-state index contributed by atoms with van der Waals surface area (Å²) in [5, 5.41) is 4.02. The molecule has 3 heterocycles. The van der Waals surface area contributed by atoms with Crippen LogP contribution in [-0.4, -0.2) is 79.1 Å². The largest absolute Gasteiger partial charge is 0.361 e. The Morgan fingerprint density at radius 1 is 1.11 bits per heavy atom. The van der Waals surface area contributed by atoms with Crippen LogP contribution < -0.4 is 0 Å². The summed E-state index contributed by atoms with van der Waals surface area (Å²) < 4.78 is 30.0. The van der Waals surface area contributed by atoms with Gasteiger partial charge in [-0.25, -0.2) is 12.7 Å². The third-order valence-electron chi connectivity index (χ3n) is 5.74. The molecule has 0 aromatic carbocycles. The summed E-state index contributed by atoms with van der Waals surface area (Å²) >= 11 is 0. The summed E-state index contributed by atoms with van der Waals surface area (Å²) in [4.78, 5) is 17.2. The van der Waals surface area contributed by atoms with Gasteiger partial charge in [0, 0.05) is 57.3 Å². The van der Waals surface area contributed by atoms with Gasteiger partial charge in [-0.05, 0) is 33.1 Å². The molecule has 8 nitrogen and oxygen atoms in total. The average Bonchev–Trinajstić information content (AvgIpc) is 2.83. The van der Waals surface area contributed by atoms with Gasteiger partial charge in [0.2, 0.25) is 15.9 Å². The Bertz CT molecular complexity index is 749. The van der Waals surface area contributed by atoms with Crippen molar-refractivity contribution in [3.8, 4) is 0 Å². The smallest absolute Gasteiger partial charge is 0.225 e. The van der Waals surface area contributed by atoms with Crippen LogP contribution in [-0.2, 0) is 21.4 Å². The molecule has 0 N–H and O–H groups in total. The lowest BCUT2D eigenvalue weighted by molar-refractivity contribution is -0.136. The zero-order valence-electron chi connectivity index (χ0n) is 16.5. The molecule has 1 aromatic heterocycles. The fourth-order valence-corrected chi connectivity index (χ4v) is 4.87. The molecule has 1 amide bonds. The first-order valence-corrected chi connectivity index (χ1v) is 11.5. The third kappa shape index (κ3) is 4.89. The van der Waals surface area contributed by atoms with Crippen LogP contribution in [0, 0.1) is 19.8 Å². The van der Waals surface area contributed by atoms with Crippen molar-refractivity contribution in [3.63, 3.8) is 0 Å². The fraction of sp³-hybridized carbons (Fsp3) is 0.778. The van der Waals surface area contributed by atoms with Gasteiger partial charge in [0.05, 0.1) is 11.9 Å². The molecular weight excluding hydrogens is 368 g/mol. The van der Waals surface area contributed by atoms with Crippen LogP contribution in [0.25, 0.3) is 0 Å². The number of hydrogen-bond donors (Lipinski definition) is 0. The van der Waals surface area contributed by atoms with Crippen LogP contribution in [0.15, 0.2) is 4.52 Å². The first-order chi connectivity index (χ1) is 12.8. The van der Waals surface area contributed by atoms with E-state index in [0.29, 0.717) is 32.5 Å². The highest BCUT2D eigenvalue weighted by molar-refractivity contribution is 7.88. The van der Waals surface area contributed by atoms with E-state index in [2.05, 4.69) is 10.1 Å². The fourth-order valence-electron chi connectivity index (χ4n) is 3.99.